The Morgan fingerprint density at radius 1 is 1.38 bits per heavy atom. The molecule has 2 rings (SSSR count). The minimum absolute atomic E-state index is 0.167. The first-order valence-electron chi connectivity index (χ1n) is 6.95. The Kier molecular flexibility index (Phi) is 5.85. The van der Waals surface area contributed by atoms with Crippen molar-refractivity contribution in [3.63, 3.8) is 0 Å². The summed E-state index contributed by atoms with van der Waals surface area (Å²) in [5.41, 5.74) is 1.22. The van der Waals surface area contributed by atoms with Crippen molar-refractivity contribution in [3.8, 4) is 0 Å². The molecule has 0 fully saturated rings. The SMILES string of the molecule is CCN(CC)[C@H](CNC(=O)c1ccc(Cl)o1)c1ccsc1. The van der Waals surface area contributed by atoms with Gasteiger partial charge in [-0.25, -0.2) is 0 Å². The van der Waals surface area contributed by atoms with Crippen LogP contribution in [0, 0.1) is 0 Å². The molecule has 0 radical (unpaired) electrons. The van der Waals surface area contributed by atoms with Crippen molar-refractivity contribution in [2.24, 2.45) is 0 Å². The van der Waals surface area contributed by atoms with Gasteiger partial charge in [0.25, 0.3) is 5.91 Å². The number of carbonyl (C=O) groups is 1. The fourth-order valence-corrected chi connectivity index (χ4v) is 3.15. The number of likely N-dealkylation sites (N-methyl/N-ethyl adjacent to an activating group) is 1. The zero-order valence-corrected chi connectivity index (χ0v) is 13.7. The maximum absolute atomic E-state index is 12.1. The van der Waals surface area contributed by atoms with Crippen molar-refractivity contribution in [2.45, 2.75) is 19.9 Å². The molecule has 2 heterocycles. The Morgan fingerprint density at radius 3 is 2.67 bits per heavy atom. The third-order valence-electron chi connectivity index (χ3n) is 3.43. The molecule has 0 aliphatic heterocycles. The van der Waals surface area contributed by atoms with Crippen LogP contribution in [0.1, 0.15) is 36.0 Å². The van der Waals surface area contributed by atoms with Crippen LogP contribution in [0.15, 0.2) is 33.4 Å². The van der Waals surface area contributed by atoms with Gasteiger partial charge in [-0.1, -0.05) is 13.8 Å². The molecular weight excluding hydrogens is 308 g/mol. The zero-order chi connectivity index (χ0) is 15.2. The molecule has 2 aromatic rings. The summed E-state index contributed by atoms with van der Waals surface area (Å²) in [7, 11) is 0. The molecule has 1 atom stereocenters. The Bertz CT molecular complexity index is 564. The van der Waals surface area contributed by atoms with Crippen LogP contribution in [-0.4, -0.2) is 30.4 Å². The molecule has 0 aromatic carbocycles. The van der Waals surface area contributed by atoms with Crippen LogP contribution >= 0.6 is 22.9 Å². The van der Waals surface area contributed by atoms with Gasteiger partial charge in [0.05, 0.1) is 6.04 Å². The predicted molar refractivity (Wildman–Crippen MR) is 86.0 cm³/mol. The van der Waals surface area contributed by atoms with Crippen molar-refractivity contribution in [3.05, 3.63) is 45.5 Å². The van der Waals surface area contributed by atoms with Crippen molar-refractivity contribution < 1.29 is 9.21 Å². The van der Waals surface area contributed by atoms with E-state index in [0.29, 0.717) is 6.54 Å². The third-order valence-corrected chi connectivity index (χ3v) is 4.34. The van der Waals surface area contributed by atoms with Crippen LogP contribution in [0.3, 0.4) is 0 Å². The number of carbonyl (C=O) groups excluding carboxylic acids is 1. The molecule has 2 aromatic heterocycles. The maximum Gasteiger partial charge on any atom is 0.287 e. The molecule has 0 spiro atoms. The van der Waals surface area contributed by atoms with Gasteiger partial charge in [-0.05, 0) is 59.2 Å². The number of thiophene rings is 1. The topological polar surface area (TPSA) is 45.5 Å². The van der Waals surface area contributed by atoms with Crippen molar-refractivity contribution in [2.75, 3.05) is 19.6 Å². The van der Waals surface area contributed by atoms with Crippen molar-refractivity contribution in [1.82, 2.24) is 10.2 Å². The van der Waals surface area contributed by atoms with Gasteiger partial charge in [-0.15, -0.1) is 0 Å². The number of halogens is 1. The van der Waals surface area contributed by atoms with Gasteiger partial charge >= 0.3 is 0 Å². The van der Waals surface area contributed by atoms with E-state index in [1.165, 1.54) is 5.56 Å². The second kappa shape index (κ2) is 7.64. The minimum Gasteiger partial charge on any atom is -0.440 e. The van der Waals surface area contributed by atoms with Crippen LogP contribution in [0.4, 0.5) is 0 Å². The summed E-state index contributed by atoms with van der Waals surface area (Å²) in [6, 6.07) is 5.41. The lowest BCUT2D eigenvalue weighted by atomic mass is 10.1. The van der Waals surface area contributed by atoms with E-state index in [1.807, 2.05) is 0 Å². The molecule has 1 amide bonds. The van der Waals surface area contributed by atoms with E-state index >= 15 is 0 Å². The van der Waals surface area contributed by atoms with E-state index < -0.39 is 0 Å². The number of nitrogens with one attached hydrogen (secondary N) is 1. The van der Waals surface area contributed by atoms with Crippen LogP contribution in [0.25, 0.3) is 0 Å². The Hall–Kier alpha value is -1.30. The fraction of sp³-hybridized carbons (Fsp3) is 0.400. The van der Waals surface area contributed by atoms with E-state index in [0.717, 1.165) is 13.1 Å². The van der Waals surface area contributed by atoms with Gasteiger partial charge in [0.15, 0.2) is 11.0 Å². The highest BCUT2D eigenvalue weighted by atomic mass is 35.5. The lowest BCUT2D eigenvalue weighted by Crippen LogP contribution is -2.37. The van der Waals surface area contributed by atoms with Gasteiger partial charge in [-0.2, -0.15) is 11.3 Å². The van der Waals surface area contributed by atoms with Gasteiger partial charge in [-0.3, -0.25) is 9.69 Å². The van der Waals surface area contributed by atoms with Crippen LogP contribution in [-0.2, 0) is 0 Å². The Balaban J connectivity index is 2.04. The molecule has 0 saturated carbocycles. The fourth-order valence-electron chi connectivity index (χ4n) is 2.30. The number of hydrogen-bond donors (Lipinski definition) is 1. The number of hydrogen-bond acceptors (Lipinski definition) is 4. The van der Waals surface area contributed by atoms with E-state index in [9.17, 15) is 4.79 Å². The smallest absolute Gasteiger partial charge is 0.287 e. The van der Waals surface area contributed by atoms with Crippen molar-refractivity contribution >= 4 is 28.8 Å². The number of amides is 1. The Morgan fingerprint density at radius 2 is 2.14 bits per heavy atom. The largest absolute Gasteiger partial charge is 0.440 e. The first-order chi connectivity index (χ1) is 10.2. The van der Waals surface area contributed by atoms with E-state index in [2.05, 4.69) is 40.9 Å². The van der Waals surface area contributed by atoms with E-state index in [4.69, 9.17) is 16.0 Å². The van der Waals surface area contributed by atoms with Crippen LogP contribution < -0.4 is 5.32 Å². The molecular formula is C15H19ClN2O2S. The summed E-state index contributed by atoms with van der Waals surface area (Å²) in [6.45, 7) is 6.64. The lowest BCUT2D eigenvalue weighted by Gasteiger charge is -2.29. The first-order valence-corrected chi connectivity index (χ1v) is 8.27. The molecule has 0 bridgehead atoms. The van der Waals surface area contributed by atoms with Gasteiger partial charge in [0.2, 0.25) is 0 Å². The summed E-state index contributed by atoms with van der Waals surface area (Å²) in [5, 5.41) is 7.32. The van der Waals surface area contributed by atoms with E-state index in [-0.39, 0.29) is 22.9 Å². The minimum atomic E-state index is -0.241. The van der Waals surface area contributed by atoms with Crippen LogP contribution in [0.5, 0.6) is 0 Å². The predicted octanol–water partition coefficient (Wildman–Crippen LogP) is 3.81. The molecule has 0 unspecified atom stereocenters. The highest BCUT2D eigenvalue weighted by Gasteiger charge is 2.20. The third kappa shape index (κ3) is 4.09. The lowest BCUT2D eigenvalue weighted by molar-refractivity contribution is 0.0907. The monoisotopic (exact) mass is 326 g/mol. The summed E-state index contributed by atoms with van der Waals surface area (Å²) >= 11 is 7.36. The summed E-state index contributed by atoms with van der Waals surface area (Å²) < 4.78 is 5.12. The van der Waals surface area contributed by atoms with Crippen LogP contribution in [0.2, 0.25) is 5.22 Å². The van der Waals surface area contributed by atoms with Gasteiger partial charge in [0, 0.05) is 6.54 Å². The van der Waals surface area contributed by atoms with Gasteiger partial charge < -0.3 is 9.73 Å². The summed E-state index contributed by atoms with van der Waals surface area (Å²) in [5.74, 6) is -0.00194. The molecule has 21 heavy (non-hydrogen) atoms. The molecule has 4 nitrogen and oxygen atoms in total. The maximum atomic E-state index is 12.1. The van der Waals surface area contributed by atoms with Crippen molar-refractivity contribution in [1.29, 1.82) is 0 Å². The normalized spacial score (nSPS) is 12.6. The molecule has 0 aliphatic rings. The first kappa shape index (κ1) is 16.1. The highest BCUT2D eigenvalue weighted by Crippen LogP contribution is 2.22. The summed E-state index contributed by atoms with van der Waals surface area (Å²) in [4.78, 5) is 14.4. The molecule has 1 N–H and O–H groups in total. The quantitative estimate of drug-likeness (QED) is 0.841. The molecule has 114 valence electrons. The average Bonchev–Trinajstić information content (AvgIpc) is 3.14. The number of rotatable bonds is 7. The second-order valence-corrected chi connectivity index (χ2v) is 5.76. The van der Waals surface area contributed by atoms with E-state index in [1.54, 1.807) is 23.5 Å². The number of furan rings is 1. The zero-order valence-electron chi connectivity index (χ0n) is 12.1. The molecule has 0 saturated heterocycles. The average molecular weight is 327 g/mol. The number of nitrogens with zero attached hydrogens (tertiary/aromatic N) is 1. The highest BCUT2D eigenvalue weighted by molar-refractivity contribution is 7.07. The summed E-state index contributed by atoms with van der Waals surface area (Å²) in [6.07, 6.45) is 0. The van der Waals surface area contributed by atoms with Gasteiger partial charge in [0.1, 0.15) is 0 Å². The second-order valence-electron chi connectivity index (χ2n) is 4.61. The Labute approximate surface area is 133 Å². The molecule has 0 aliphatic carbocycles. The standard InChI is InChI=1S/C15H19ClN2O2S/c1-3-18(4-2)12(11-7-8-21-10-11)9-17-15(19)13-5-6-14(16)20-13/h5-8,10,12H,3-4,9H2,1-2H3,(H,17,19)/t12-/m1/s1. The molecule has 6 heteroatoms.